The Hall–Kier alpha value is -1.35. The maximum absolute atomic E-state index is 11.6. The lowest BCUT2D eigenvalue weighted by molar-refractivity contribution is -0.135. The van der Waals surface area contributed by atoms with Crippen molar-refractivity contribution in [3.63, 3.8) is 0 Å². The predicted molar refractivity (Wildman–Crippen MR) is 90.7 cm³/mol. The van der Waals surface area contributed by atoms with Gasteiger partial charge in [0.1, 0.15) is 6.61 Å². The maximum atomic E-state index is 11.6. The molecule has 23 heavy (non-hydrogen) atoms. The molecule has 0 aromatic rings. The molecule has 0 radical (unpaired) electrons. The minimum Gasteiger partial charge on any atom is -0.458 e. The molecule has 1 N–H and O–H groups in total. The number of ether oxygens (including phenoxy) is 1. The molecular formula is C20H28O3. The summed E-state index contributed by atoms with van der Waals surface area (Å²) in [6, 6.07) is 0. The lowest BCUT2D eigenvalue weighted by atomic mass is 9.47. The molecule has 3 nitrogen and oxygen atoms in total. The minimum atomic E-state index is -0.317. The van der Waals surface area contributed by atoms with E-state index in [-0.39, 0.29) is 34.7 Å². The van der Waals surface area contributed by atoms with Crippen LogP contribution in [0.15, 0.2) is 36.0 Å². The van der Waals surface area contributed by atoms with Crippen LogP contribution in [0.1, 0.15) is 46.5 Å². The first kappa shape index (κ1) is 16.5. The van der Waals surface area contributed by atoms with Gasteiger partial charge in [0.2, 0.25) is 0 Å². The monoisotopic (exact) mass is 316 g/mol. The summed E-state index contributed by atoms with van der Waals surface area (Å²) in [7, 11) is 0. The van der Waals surface area contributed by atoms with Gasteiger partial charge < -0.3 is 9.84 Å². The molecule has 126 valence electrons. The van der Waals surface area contributed by atoms with Crippen molar-refractivity contribution in [1.29, 1.82) is 0 Å². The van der Waals surface area contributed by atoms with Crippen molar-refractivity contribution in [2.24, 2.45) is 22.7 Å². The Bertz CT molecular complexity index is 584. The summed E-state index contributed by atoms with van der Waals surface area (Å²) < 4.78 is 4.97. The molecule has 0 spiro atoms. The number of fused-ring (bicyclic) bond motifs is 1. The van der Waals surface area contributed by atoms with E-state index in [4.69, 9.17) is 4.74 Å². The van der Waals surface area contributed by atoms with E-state index in [1.54, 1.807) is 0 Å². The lowest BCUT2D eigenvalue weighted by Crippen LogP contribution is -2.55. The number of hydrogen-bond donors (Lipinski definition) is 1. The standard InChI is InChI=1S/C20H28O3/c1-13-12-16(21)17-19(2,3)9-5-10-20(17,4)15(13)7-6-14-8-11-23-18(14)22/h6-8,15-17,21H,1,5,9-12H2,2-4H3/b7-6+/t15-,16+,17?,20+/m0/s1. The van der Waals surface area contributed by atoms with E-state index in [1.165, 1.54) is 6.42 Å². The second-order valence-corrected chi connectivity index (χ2v) is 8.35. The first-order valence-corrected chi connectivity index (χ1v) is 8.67. The molecule has 2 fully saturated rings. The molecule has 1 unspecified atom stereocenters. The van der Waals surface area contributed by atoms with Gasteiger partial charge in [-0.3, -0.25) is 0 Å². The first-order valence-electron chi connectivity index (χ1n) is 8.67. The van der Waals surface area contributed by atoms with Crippen LogP contribution in [-0.4, -0.2) is 23.8 Å². The smallest absolute Gasteiger partial charge is 0.338 e. The fourth-order valence-corrected chi connectivity index (χ4v) is 5.48. The average molecular weight is 316 g/mol. The zero-order chi connectivity index (χ0) is 16.8. The molecule has 3 aliphatic rings. The third-order valence-electron chi connectivity index (χ3n) is 6.32. The van der Waals surface area contributed by atoms with E-state index < -0.39 is 0 Å². The third-order valence-corrected chi connectivity index (χ3v) is 6.32. The van der Waals surface area contributed by atoms with Gasteiger partial charge in [-0.2, -0.15) is 0 Å². The van der Waals surface area contributed by atoms with Gasteiger partial charge in [-0.05, 0) is 42.1 Å². The van der Waals surface area contributed by atoms with Crippen LogP contribution in [0, 0.1) is 22.7 Å². The van der Waals surface area contributed by atoms with E-state index in [1.807, 2.05) is 12.2 Å². The van der Waals surface area contributed by atoms with Crippen LogP contribution >= 0.6 is 0 Å². The van der Waals surface area contributed by atoms with Crippen LogP contribution in [0.3, 0.4) is 0 Å². The van der Waals surface area contributed by atoms with Crippen LogP contribution in [0.25, 0.3) is 0 Å². The molecule has 2 saturated carbocycles. The fourth-order valence-electron chi connectivity index (χ4n) is 5.48. The molecule has 0 aromatic heterocycles. The van der Waals surface area contributed by atoms with Gasteiger partial charge >= 0.3 is 5.97 Å². The third kappa shape index (κ3) is 2.69. The topological polar surface area (TPSA) is 46.5 Å². The van der Waals surface area contributed by atoms with Crippen molar-refractivity contribution >= 4 is 5.97 Å². The summed E-state index contributed by atoms with van der Waals surface area (Å²) >= 11 is 0. The van der Waals surface area contributed by atoms with Crippen molar-refractivity contribution in [3.05, 3.63) is 36.0 Å². The van der Waals surface area contributed by atoms with Crippen LogP contribution in [0.2, 0.25) is 0 Å². The Morgan fingerprint density at radius 3 is 2.74 bits per heavy atom. The molecular weight excluding hydrogens is 288 g/mol. The zero-order valence-electron chi connectivity index (χ0n) is 14.5. The summed E-state index contributed by atoms with van der Waals surface area (Å²) in [5.41, 5.74) is 1.84. The van der Waals surface area contributed by atoms with Gasteiger partial charge in [-0.1, -0.05) is 51.5 Å². The lowest BCUT2D eigenvalue weighted by Gasteiger charge is -2.59. The molecule has 0 amide bonds. The maximum Gasteiger partial charge on any atom is 0.338 e. The van der Waals surface area contributed by atoms with E-state index in [0.717, 1.165) is 18.4 Å². The number of aliphatic hydroxyl groups excluding tert-OH is 1. The number of aliphatic hydroxyl groups is 1. The largest absolute Gasteiger partial charge is 0.458 e. The van der Waals surface area contributed by atoms with E-state index in [2.05, 4.69) is 33.4 Å². The number of hydrogen-bond acceptors (Lipinski definition) is 3. The molecule has 3 heteroatoms. The van der Waals surface area contributed by atoms with E-state index in [9.17, 15) is 9.90 Å². The molecule has 1 heterocycles. The summed E-state index contributed by atoms with van der Waals surface area (Å²) in [6.07, 6.45) is 9.61. The number of esters is 1. The number of allylic oxidation sites excluding steroid dienone is 1. The second kappa shape index (κ2) is 5.62. The summed E-state index contributed by atoms with van der Waals surface area (Å²) in [5.74, 6) is 0.214. The fraction of sp³-hybridized carbons (Fsp3) is 0.650. The highest BCUT2D eigenvalue weighted by Crippen LogP contribution is 2.61. The number of carbonyl (C=O) groups is 1. The first-order chi connectivity index (χ1) is 10.8. The zero-order valence-corrected chi connectivity index (χ0v) is 14.5. The van der Waals surface area contributed by atoms with Crippen LogP contribution < -0.4 is 0 Å². The normalized spacial score (nSPS) is 40.0. The van der Waals surface area contributed by atoms with Gasteiger partial charge in [0, 0.05) is 5.92 Å². The Labute approximate surface area is 139 Å². The molecule has 2 aliphatic carbocycles. The summed E-state index contributed by atoms with van der Waals surface area (Å²) in [4.78, 5) is 11.6. The van der Waals surface area contributed by atoms with Gasteiger partial charge in [-0.15, -0.1) is 0 Å². The van der Waals surface area contributed by atoms with Gasteiger partial charge in [0.25, 0.3) is 0 Å². The van der Waals surface area contributed by atoms with Gasteiger partial charge in [0.15, 0.2) is 0 Å². The Balaban J connectivity index is 1.93. The van der Waals surface area contributed by atoms with Gasteiger partial charge in [0.05, 0.1) is 11.7 Å². The Kier molecular flexibility index (Phi) is 4.04. The second-order valence-electron chi connectivity index (χ2n) is 8.35. The molecule has 1 aliphatic heterocycles. The van der Waals surface area contributed by atoms with Crippen molar-refractivity contribution in [2.75, 3.05) is 6.61 Å². The van der Waals surface area contributed by atoms with Crippen molar-refractivity contribution in [3.8, 4) is 0 Å². The quantitative estimate of drug-likeness (QED) is 0.623. The van der Waals surface area contributed by atoms with Crippen LogP contribution in [0.5, 0.6) is 0 Å². The number of cyclic esters (lactones) is 1. The Morgan fingerprint density at radius 1 is 1.35 bits per heavy atom. The van der Waals surface area contributed by atoms with Gasteiger partial charge in [-0.25, -0.2) is 4.79 Å². The van der Waals surface area contributed by atoms with Crippen LogP contribution in [-0.2, 0) is 9.53 Å². The number of rotatable bonds is 2. The molecule has 0 aromatic carbocycles. The van der Waals surface area contributed by atoms with Crippen molar-refractivity contribution < 1.29 is 14.6 Å². The molecule has 4 atom stereocenters. The highest BCUT2D eigenvalue weighted by Gasteiger charge is 2.55. The van der Waals surface area contributed by atoms with E-state index >= 15 is 0 Å². The molecule has 0 bridgehead atoms. The number of carbonyl (C=O) groups excluding carboxylic acids is 1. The minimum absolute atomic E-state index is 0.00390. The highest BCUT2D eigenvalue weighted by atomic mass is 16.5. The van der Waals surface area contributed by atoms with Crippen molar-refractivity contribution in [2.45, 2.75) is 52.6 Å². The van der Waals surface area contributed by atoms with Crippen LogP contribution in [0.4, 0.5) is 0 Å². The summed E-state index contributed by atoms with van der Waals surface area (Å²) in [6.45, 7) is 11.5. The molecule has 0 saturated heterocycles. The Morgan fingerprint density at radius 2 is 2.09 bits per heavy atom. The highest BCUT2D eigenvalue weighted by molar-refractivity contribution is 5.93. The molecule has 3 rings (SSSR count). The summed E-state index contributed by atoms with van der Waals surface area (Å²) in [5, 5.41) is 10.7. The predicted octanol–water partition coefficient (Wildman–Crippen LogP) is 3.80. The van der Waals surface area contributed by atoms with E-state index in [0.29, 0.717) is 18.6 Å². The van der Waals surface area contributed by atoms with Crippen molar-refractivity contribution in [1.82, 2.24) is 0 Å². The average Bonchev–Trinajstić information content (AvgIpc) is 2.82. The SMILES string of the molecule is C=C1C[C@@H](O)C2C(C)(C)CCC[C@]2(C)[C@H]1/C=C/C1=CCOC1=O.